The predicted octanol–water partition coefficient (Wildman–Crippen LogP) is 2.23. The molecule has 1 aliphatic rings. The van der Waals surface area contributed by atoms with Crippen molar-refractivity contribution in [3.63, 3.8) is 0 Å². The van der Waals surface area contributed by atoms with E-state index in [1.165, 1.54) is 0 Å². The summed E-state index contributed by atoms with van der Waals surface area (Å²) >= 11 is 0. The van der Waals surface area contributed by atoms with Crippen molar-refractivity contribution >= 4 is 0 Å². The van der Waals surface area contributed by atoms with Gasteiger partial charge in [0, 0.05) is 31.9 Å². The average molecular weight is 275 g/mol. The second kappa shape index (κ2) is 5.75. The number of unbranched alkanes of at least 4 members (excludes halogenated alkanes) is 1. The van der Waals surface area contributed by atoms with E-state index in [0.717, 1.165) is 44.1 Å². The maximum absolute atomic E-state index is 5.38. The first-order valence-corrected chi connectivity index (χ1v) is 7.33. The van der Waals surface area contributed by atoms with E-state index in [2.05, 4.69) is 34.0 Å². The Hall–Kier alpha value is -1.69. The van der Waals surface area contributed by atoms with Crippen LogP contribution in [0.15, 0.2) is 23.0 Å². The zero-order chi connectivity index (χ0) is 13.9. The Balaban J connectivity index is 1.55. The molecule has 0 unspecified atom stereocenters. The summed E-state index contributed by atoms with van der Waals surface area (Å²) in [5.74, 6) is 1.56. The molecule has 0 spiro atoms. The van der Waals surface area contributed by atoms with Crippen LogP contribution in [0.3, 0.4) is 0 Å². The van der Waals surface area contributed by atoms with Crippen LogP contribution in [0.4, 0.5) is 0 Å². The third-order valence-corrected chi connectivity index (χ3v) is 3.93. The van der Waals surface area contributed by atoms with Gasteiger partial charge in [-0.15, -0.1) is 0 Å². The van der Waals surface area contributed by atoms with E-state index >= 15 is 0 Å². The molecule has 2 aromatic rings. The molecule has 2 aromatic heterocycles. The summed E-state index contributed by atoms with van der Waals surface area (Å²) in [5, 5.41) is 8.34. The molecule has 1 saturated heterocycles. The SMILES string of the molecule is CCCCc1noc([C@@H](C)N2CC(n3cccn3)C2)n1. The van der Waals surface area contributed by atoms with Crippen molar-refractivity contribution in [3.05, 3.63) is 30.2 Å². The van der Waals surface area contributed by atoms with Crippen LogP contribution in [0.5, 0.6) is 0 Å². The lowest BCUT2D eigenvalue weighted by Gasteiger charge is -2.41. The summed E-state index contributed by atoms with van der Waals surface area (Å²) in [5.41, 5.74) is 0. The van der Waals surface area contributed by atoms with Crippen molar-refractivity contribution in [2.75, 3.05) is 13.1 Å². The number of rotatable bonds is 6. The highest BCUT2D eigenvalue weighted by Crippen LogP contribution is 2.29. The summed E-state index contributed by atoms with van der Waals surface area (Å²) < 4.78 is 7.40. The summed E-state index contributed by atoms with van der Waals surface area (Å²) in [4.78, 5) is 6.83. The van der Waals surface area contributed by atoms with Gasteiger partial charge in [0.25, 0.3) is 0 Å². The largest absolute Gasteiger partial charge is 0.338 e. The Morgan fingerprint density at radius 2 is 2.30 bits per heavy atom. The summed E-state index contributed by atoms with van der Waals surface area (Å²) in [6, 6.07) is 2.61. The van der Waals surface area contributed by atoms with E-state index in [4.69, 9.17) is 4.52 Å². The van der Waals surface area contributed by atoms with E-state index in [9.17, 15) is 0 Å². The smallest absolute Gasteiger partial charge is 0.243 e. The van der Waals surface area contributed by atoms with Gasteiger partial charge in [0.05, 0.1) is 12.1 Å². The number of aromatic nitrogens is 4. The molecule has 0 aromatic carbocycles. The van der Waals surface area contributed by atoms with Crippen LogP contribution < -0.4 is 0 Å². The first kappa shape index (κ1) is 13.3. The molecule has 1 atom stereocenters. The van der Waals surface area contributed by atoms with Crippen LogP contribution in [0, 0.1) is 0 Å². The minimum absolute atomic E-state index is 0.185. The molecule has 1 fully saturated rings. The van der Waals surface area contributed by atoms with Crippen molar-refractivity contribution in [2.24, 2.45) is 0 Å². The third-order valence-electron chi connectivity index (χ3n) is 3.93. The predicted molar refractivity (Wildman–Crippen MR) is 74.2 cm³/mol. The minimum Gasteiger partial charge on any atom is -0.338 e. The Bertz CT molecular complexity index is 530. The number of nitrogens with zero attached hydrogens (tertiary/aromatic N) is 5. The zero-order valence-electron chi connectivity index (χ0n) is 12.1. The molecule has 0 radical (unpaired) electrons. The first-order chi connectivity index (χ1) is 9.78. The number of hydrogen-bond acceptors (Lipinski definition) is 5. The Morgan fingerprint density at radius 3 is 3.00 bits per heavy atom. The van der Waals surface area contributed by atoms with E-state index in [0.29, 0.717) is 6.04 Å². The molecule has 0 aliphatic carbocycles. The number of hydrogen-bond donors (Lipinski definition) is 0. The van der Waals surface area contributed by atoms with Crippen LogP contribution in [-0.4, -0.2) is 37.9 Å². The molecule has 3 heterocycles. The van der Waals surface area contributed by atoms with Gasteiger partial charge in [-0.25, -0.2) is 0 Å². The lowest BCUT2D eigenvalue weighted by molar-refractivity contribution is 0.0456. The molecular formula is C14H21N5O. The normalized spacial score (nSPS) is 18.1. The van der Waals surface area contributed by atoms with Gasteiger partial charge in [-0.1, -0.05) is 18.5 Å². The fraction of sp³-hybridized carbons (Fsp3) is 0.643. The Kier molecular flexibility index (Phi) is 3.82. The number of aryl methyl sites for hydroxylation is 1. The van der Waals surface area contributed by atoms with Gasteiger partial charge in [-0.3, -0.25) is 9.58 Å². The summed E-state index contributed by atoms with van der Waals surface area (Å²) in [7, 11) is 0. The molecule has 0 N–H and O–H groups in total. The number of likely N-dealkylation sites (tertiary alicyclic amines) is 1. The molecule has 6 nitrogen and oxygen atoms in total. The Labute approximate surface area is 118 Å². The lowest BCUT2D eigenvalue weighted by Crippen LogP contribution is -2.48. The van der Waals surface area contributed by atoms with Crippen LogP contribution >= 0.6 is 0 Å². The van der Waals surface area contributed by atoms with Crippen molar-refractivity contribution in [1.29, 1.82) is 0 Å². The minimum atomic E-state index is 0.185. The fourth-order valence-electron chi connectivity index (χ4n) is 2.50. The van der Waals surface area contributed by atoms with Crippen LogP contribution in [0.1, 0.15) is 50.5 Å². The first-order valence-electron chi connectivity index (χ1n) is 7.33. The van der Waals surface area contributed by atoms with Crippen molar-refractivity contribution in [1.82, 2.24) is 24.8 Å². The highest BCUT2D eigenvalue weighted by Gasteiger charge is 2.34. The standard InChI is InChI=1S/C14H21N5O/c1-3-4-6-13-16-14(20-17-13)11(2)18-9-12(10-18)19-8-5-7-15-19/h5,7-8,11-12H,3-4,6,9-10H2,1-2H3/t11-/m1/s1. The van der Waals surface area contributed by atoms with Gasteiger partial charge >= 0.3 is 0 Å². The molecule has 0 bridgehead atoms. The summed E-state index contributed by atoms with van der Waals surface area (Å²) in [6.45, 7) is 6.25. The molecule has 0 saturated carbocycles. The Morgan fingerprint density at radius 1 is 1.45 bits per heavy atom. The molecule has 3 rings (SSSR count). The van der Waals surface area contributed by atoms with E-state index < -0.39 is 0 Å². The van der Waals surface area contributed by atoms with Crippen molar-refractivity contribution in [3.8, 4) is 0 Å². The van der Waals surface area contributed by atoms with Crippen LogP contribution in [0.2, 0.25) is 0 Å². The molecular weight excluding hydrogens is 254 g/mol. The van der Waals surface area contributed by atoms with Gasteiger partial charge in [-0.2, -0.15) is 10.1 Å². The average Bonchev–Trinajstić information content (AvgIpc) is 3.05. The zero-order valence-corrected chi connectivity index (χ0v) is 12.1. The van der Waals surface area contributed by atoms with Gasteiger partial charge in [0.1, 0.15) is 0 Å². The van der Waals surface area contributed by atoms with Crippen molar-refractivity contribution in [2.45, 2.75) is 45.2 Å². The third kappa shape index (κ3) is 2.60. The fourth-order valence-corrected chi connectivity index (χ4v) is 2.50. The van der Waals surface area contributed by atoms with Gasteiger partial charge in [0.2, 0.25) is 5.89 Å². The molecule has 0 amide bonds. The second-order valence-corrected chi connectivity index (χ2v) is 5.42. The lowest BCUT2D eigenvalue weighted by atomic mass is 10.1. The molecule has 20 heavy (non-hydrogen) atoms. The van der Waals surface area contributed by atoms with Gasteiger partial charge in [-0.05, 0) is 19.4 Å². The van der Waals surface area contributed by atoms with E-state index in [-0.39, 0.29) is 6.04 Å². The quantitative estimate of drug-likeness (QED) is 0.809. The van der Waals surface area contributed by atoms with Crippen LogP contribution in [0.25, 0.3) is 0 Å². The van der Waals surface area contributed by atoms with E-state index in [1.807, 2.05) is 23.1 Å². The maximum atomic E-state index is 5.38. The highest BCUT2D eigenvalue weighted by atomic mass is 16.5. The van der Waals surface area contributed by atoms with Crippen LogP contribution in [-0.2, 0) is 6.42 Å². The van der Waals surface area contributed by atoms with Crippen molar-refractivity contribution < 1.29 is 4.52 Å². The summed E-state index contributed by atoms with van der Waals surface area (Å²) in [6.07, 6.45) is 7.00. The van der Waals surface area contributed by atoms with E-state index in [1.54, 1.807) is 0 Å². The monoisotopic (exact) mass is 275 g/mol. The molecule has 108 valence electrons. The van der Waals surface area contributed by atoms with Gasteiger partial charge in [0.15, 0.2) is 5.82 Å². The maximum Gasteiger partial charge on any atom is 0.243 e. The highest BCUT2D eigenvalue weighted by molar-refractivity contribution is 4.98. The topological polar surface area (TPSA) is 60.0 Å². The molecule has 1 aliphatic heterocycles. The molecule has 6 heteroatoms. The van der Waals surface area contributed by atoms with Gasteiger partial charge < -0.3 is 4.52 Å². The second-order valence-electron chi connectivity index (χ2n) is 5.42.